The monoisotopic (exact) mass is 391 g/mol. The van der Waals surface area contributed by atoms with Crippen LogP contribution in [0.1, 0.15) is 35.7 Å². The summed E-state index contributed by atoms with van der Waals surface area (Å²) in [6.45, 7) is 8.80. The molecule has 2 aliphatic heterocycles. The largest absolute Gasteiger partial charge is 0.378 e. The summed E-state index contributed by atoms with van der Waals surface area (Å²) in [6, 6.07) is 13.1. The Balaban J connectivity index is 1.31. The number of morpholine rings is 1. The molecule has 0 aliphatic carbocycles. The van der Waals surface area contributed by atoms with Gasteiger partial charge in [-0.1, -0.05) is 29.8 Å². The lowest BCUT2D eigenvalue weighted by Gasteiger charge is -2.31. The van der Waals surface area contributed by atoms with Crippen LogP contribution >= 0.6 is 0 Å². The summed E-state index contributed by atoms with van der Waals surface area (Å²) >= 11 is 0. The van der Waals surface area contributed by atoms with Crippen LogP contribution in [-0.2, 0) is 11.3 Å². The number of anilines is 1. The third-order valence-corrected chi connectivity index (χ3v) is 6.07. The summed E-state index contributed by atoms with van der Waals surface area (Å²) in [6.07, 6.45) is 4.48. The highest BCUT2D eigenvalue weighted by atomic mass is 16.5. The van der Waals surface area contributed by atoms with Gasteiger partial charge in [-0.3, -0.25) is 4.90 Å². The van der Waals surface area contributed by atoms with Crippen LogP contribution in [0.25, 0.3) is 5.65 Å². The zero-order valence-electron chi connectivity index (χ0n) is 17.1. The van der Waals surface area contributed by atoms with Gasteiger partial charge in [0.05, 0.1) is 25.1 Å². The van der Waals surface area contributed by atoms with Crippen LogP contribution in [0.15, 0.2) is 42.6 Å². The van der Waals surface area contributed by atoms with E-state index in [9.17, 15) is 0 Å². The van der Waals surface area contributed by atoms with Crippen molar-refractivity contribution in [3.8, 4) is 0 Å². The number of hydrogen-bond donors (Lipinski definition) is 0. The number of ether oxygens (including phenoxy) is 1. The van der Waals surface area contributed by atoms with Crippen molar-refractivity contribution >= 4 is 11.3 Å². The molecule has 0 N–H and O–H groups in total. The molecule has 2 saturated heterocycles. The number of piperidine rings is 1. The molecule has 4 heterocycles. The summed E-state index contributed by atoms with van der Waals surface area (Å²) < 4.78 is 7.43. The molecule has 0 spiro atoms. The number of aryl methyl sites for hydroxylation is 1. The van der Waals surface area contributed by atoms with Gasteiger partial charge in [0.15, 0.2) is 11.5 Å². The quantitative estimate of drug-likeness (QED) is 0.683. The van der Waals surface area contributed by atoms with E-state index in [0.29, 0.717) is 5.92 Å². The summed E-state index contributed by atoms with van der Waals surface area (Å²) in [5.74, 6) is 1.39. The highest BCUT2D eigenvalue weighted by Crippen LogP contribution is 2.27. The average Bonchev–Trinajstić information content (AvgIpc) is 3.18. The Labute approximate surface area is 172 Å². The van der Waals surface area contributed by atoms with Gasteiger partial charge in [-0.05, 0) is 44.0 Å². The maximum Gasteiger partial charge on any atom is 0.156 e. The van der Waals surface area contributed by atoms with Crippen LogP contribution < -0.4 is 4.90 Å². The maximum absolute atomic E-state index is 5.47. The lowest BCUT2D eigenvalue weighted by Crippen LogP contribution is -2.36. The lowest BCUT2D eigenvalue weighted by atomic mass is 9.97. The Kier molecular flexibility index (Phi) is 5.21. The Morgan fingerprint density at radius 1 is 1.10 bits per heavy atom. The van der Waals surface area contributed by atoms with E-state index in [2.05, 4.69) is 59.3 Å². The van der Waals surface area contributed by atoms with Gasteiger partial charge >= 0.3 is 0 Å². The minimum atomic E-state index is 0.403. The molecule has 0 bridgehead atoms. The second-order valence-corrected chi connectivity index (χ2v) is 8.32. The predicted molar refractivity (Wildman–Crippen MR) is 114 cm³/mol. The van der Waals surface area contributed by atoms with E-state index in [1.807, 2.05) is 4.52 Å². The van der Waals surface area contributed by atoms with Gasteiger partial charge in [-0.25, -0.2) is 9.50 Å². The minimum Gasteiger partial charge on any atom is -0.378 e. The van der Waals surface area contributed by atoms with Crippen LogP contribution in [0.3, 0.4) is 0 Å². The molecule has 2 aromatic heterocycles. The van der Waals surface area contributed by atoms with Crippen LogP contribution in [0, 0.1) is 6.92 Å². The zero-order chi connectivity index (χ0) is 19.6. The molecule has 1 atom stereocenters. The molecule has 1 aromatic carbocycles. The van der Waals surface area contributed by atoms with Crippen LogP contribution in [-0.4, -0.2) is 58.9 Å². The summed E-state index contributed by atoms with van der Waals surface area (Å²) in [5, 5.41) is 4.87. The molecule has 2 aliphatic rings. The number of likely N-dealkylation sites (tertiary alicyclic amines) is 1. The predicted octanol–water partition coefficient (Wildman–Crippen LogP) is 3.25. The fourth-order valence-electron chi connectivity index (χ4n) is 4.55. The van der Waals surface area contributed by atoms with Crippen LogP contribution in [0.2, 0.25) is 0 Å². The summed E-state index contributed by atoms with van der Waals surface area (Å²) in [4.78, 5) is 9.77. The number of benzene rings is 1. The van der Waals surface area contributed by atoms with Crippen molar-refractivity contribution in [2.45, 2.75) is 32.2 Å². The highest BCUT2D eigenvalue weighted by molar-refractivity contribution is 5.51. The highest BCUT2D eigenvalue weighted by Gasteiger charge is 2.25. The van der Waals surface area contributed by atoms with E-state index in [4.69, 9.17) is 14.8 Å². The Morgan fingerprint density at radius 2 is 2.00 bits per heavy atom. The van der Waals surface area contributed by atoms with E-state index in [-0.39, 0.29) is 0 Å². The van der Waals surface area contributed by atoms with Crippen LogP contribution in [0.4, 0.5) is 5.69 Å². The molecular formula is C23H29N5O. The molecular weight excluding hydrogens is 362 g/mol. The molecule has 0 amide bonds. The van der Waals surface area contributed by atoms with Gasteiger partial charge in [-0.15, -0.1) is 0 Å². The van der Waals surface area contributed by atoms with Crippen molar-refractivity contribution in [1.29, 1.82) is 0 Å². The first kappa shape index (κ1) is 18.6. The normalized spacial score (nSPS) is 21.0. The average molecular weight is 392 g/mol. The fourth-order valence-corrected chi connectivity index (χ4v) is 4.55. The van der Waals surface area contributed by atoms with E-state index < -0.39 is 0 Å². The number of pyridine rings is 1. The number of aromatic nitrogens is 3. The van der Waals surface area contributed by atoms with Gasteiger partial charge in [0.2, 0.25) is 0 Å². The Bertz CT molecular complexity index is 978. The van der Waals surface area contributed by atoms with E-state index >= 15 is 0 Å². The van der Waals surface area contributed by atoms with E-state index in [1.165, 1.54) is 23.2 Å². The minimum absolute atomic E-state index is 0.403. The van der Waals surface area contributed by atoms with Crippen molar-refractivity contribution in [1.82, 2.24) is 19.5 Å². The molecule has 6 heteroatoms. The maximum atomic E-state index is 5.47. The van der Waals surface area contributed by atoms with E-state index in [1.54, 1.807) is 0 Å². The molecule has 0 unspecified atom stereocenters. The molecule has 152 valence electrons. The molecule has 29 heavy (non-hydrogen) atoms. The first-order chi connectivity index (χ1) is 14.2. The first-order valence-electron chi connectivity index (χ1n) is 10.7. The fraction of sp³-hybridized carbons (Fsp3) is 0.478. The van der Waals surface area contributed by atoms with E-state index in [0.717, 1.165) is 63.8 Å². The number of hydrogen-bond acceptors (Lipinski definition) is 5. The second-order valence-electron chi connectivity index (χ2n) is 8.32. The lowest BCUT2D eigenvalue weighted by molar-refractivity contribution is 0.122. The SMILES string of the molecule is Cc1cccc(CN2CCC[C@H](c3nc4ccc(N5CCOCC5)cn4n3)C2)c1. The molecule has 3 aromatic rings. The van der Waals surface area contributed by atoms with Gasteiger partial charge in [0.1, 0.15) is 0 Å². The third kappa shape index (κ3) is 4.14. The van der Waals surface area contributed by atoms with Crippen molar-refractivity contribution in [3.05, 3.63) is 59.5 Å². The number of fused-ring (bicyclic) bond motifs is 1. The van der Waals surface area contributed by atoms with Crippen molar-refractivity contribution in [2.24, 2.45) is 0 Å². The van der Waals surface area contributed by atoms with Gasteiger partial charge in [-0.2, -0.15) is 5.10 Å². The van der Waals surface area contributed by atoms with Gasteiger partial charge < -0.3 is 9.64 Å². The number of nitrogens with zero attached hydrogens (tertiary/aromatic N) is 5. The van der Waals surface area contributed by atoms with Gasteiger partial charge in [0.25, 0.3) is 0 Å². The third-order valence-electron chi connectivity index (χ3n) is 6.07. The second kappa shape index (κ2) is 8.13. The Morgan fingerprint density at radius 3 is 2.86 bits per heavy atom. The van der Waals surface area contributed by atoms with Crippen LogP contribution in [0.5, 0.6) is 0 Å². The van der Waals surface area contributed by atoms with Crippen molar-refractivity contribution in [3.63, 3.8) is 0 Å². The molecule has 0 radical (unpaired) electrons. The van der Waals surface area contributed by atoms with Crippen molar-refractivity contribution < 1.29 is 4.74 Å². The molecule has 0 saturated carbocycles. The first-order valence-corrected chi connectivity index (χ1v) is 10.7. The summed E-state index contributed by atoms with van der Waals surface area (Å²) in [7, 11) is 0. The number of rotatable bonds is 4. The molecule has 6 nitrogen and oxygen atoms in total. The smallest absolute Gasteiger partial charge is 0.156 e. The van der Waals surface area contributed by atoms with Gasteiger partial charge in [0, 0.05) is 32.1 Å². The molecule has 2 fully saturated rings. The van der Waals surface area contributed by atoms with Crippen molar-refractivity contribution in [2.75, 3.05) is 44.3 Å². The standard InChI is InChI=1S/C23H29N5O/c1-18-4-2-5-19(14-18)15-26-9-3-6-20(16-26)23-24-22-8-7-21(17-28(22)25-23)27-10-12-29-13-11-27/h2,4-5,7-8,14,17,20H,3,6,9-13,15-16H2,1H3/t20-/m0/s1. The topological polar surface area (TPSA) is 45.9 Å². The molecule has 5 rings (SSSR count). The Hall–Kier alpha value is -2.44. The summed E-state index contributed by atoms with van der Waals surface area (Å²) in [5.41, 5.74) is 4.85. The zero-order valence-corrected chi connectivity index (χ0v) is 17.1.